The molecule has 1 N–H and O–H groups in total. The molecule has 0 spiro atoms. The highest BCUT2D eigenvalue weighted by molar-refractivity contribution is 9.10. The van der Waals surface area contributed by atoms with E-state index in [9.17, 15) is 0 Å². The number of halogens is 1. The van der Waals surface area contributed by atoms with Crippen molar-refractivity contribution in [3.8, 4) is 0 Å². The van der Waals surface area contributed by atoms with Crippen molar-refractivity contribution >= 4 is 27.3 Å². The first kappa shape index (κ1) is 12.6. The fourth-order valence-corrected chi connectivity index (χ4v) is 3.99. The molecule has 0 amide bonds. The van der Waals surface area contributed by atoms with Gasteiger partial charge in [-0.2, -0.15) is 11.3 Å². The first-order valence-corrected chi connectivity index (χ1v) is 7.54. The van der Waals surface area contributed by atoms with Gasteiger partial charge in [-0.05, 0) is 46.8 Å². The Morgan fingerprint density at radius 1 is 1.62 bits per heavy atom. The van der Waals surface area contributed by atoms with Gasteiger partial charge in [0.05, 0.1) is 6.10 Å². The Labute approximate surface area is 110 Å². The molecule has 0 saturated carbocycles. The van der Waals surface area contributed by atoms with Crippen LogP contribution in [0.3, 0.4) is 0 Å². The second-order valence-corrected chi connectivity index (χ2v) is 5.84. The molecule has 1 aliphatic rings. The molecule has 0 radical (unpaired) electrons. The van der Waals surface area contributed by atoms with Crippen molar-refractivity contribution in [2.24, 2.45) is 5.92 Å². The van der Waals surface area contributed by atoms with Crippen LogP contribution in [0.15, 0.2) is 15.2 Å². The Morgan fingerprint density at radius 3 is 2.94 bits per heavy atom. The number of hydrogen-bond acceptors (Lipinski definition) is 3. The maximum absolute atomic E-state index is 5.68. The van der Waals surface area contributed by atoms with Crippen LogP contribution in [0.4, 0.5) is 0 Å². The maximum Gasteiger partial charge on any atom is 0.0594 e. The minimum absolute atomic E-state index is 0.357. The minimum Gasteiger partial charge on any atom is -0.378 e. The molecule has 1 saturated heterocycles. The van der Waals surface area contributed by atoms with E-state index in [2.05, 4.69) is 45.9 Å². The van der Waals surface area contributed by atoms with Crippen LogP contribution in [0.25, 0.3) is 0 Å². The summed E-state index contributed by atoms with van der Waals surface area (Å²) >= 11 is 5.39. The van der Waals surface area contributed by atoms with Gasteiger partial charge in [-0.3, -0.25) is 0 Å². The molecule has 90 valence electrons. The van der Waals surface area contributed by atoms with E-state index in [-0.39, 0.29) is 0 Å². The molecule has 1 aromatic heterocycles. The Hall–Kier alpha value is 0.1000. The molecule has 1 fully saturated rings. The summed E-state index contributed by atoms with van der Waals surface area (Å²) in [6.07, 6.45) is 1.51. The topological polar surface area (TPSA) is 21.3 Å². The third-order valence-corrected chi connectivity index (χ3v) is 5.02. The molecule has 3 unspecified atom stereocenters. The Kier molecular flexibility index (Phi) is 4.41. The van der Waals surface area contributed by atoms with Crippen LogP contribution < -0.4 is 5.32 Å². The fraction of sp³-hybridized carbons (Fsp3) is 0.667. The Bertz CT molecular complexity index is 342. The maximum atomic E-state index is 5.68. The quantitative estimate of drug-likeness (QED) is 0.918. The largest absolute Gasteiger partial charge is 0.378 e. The number of ether oxygens (including phenoxy) is 1. The Morgan fingerprint density at radius 2 is 2.44 bits per heavy atom. The lowest BCUT2D eigenvalue weighted by Crippen LogP contribution is -2.31. The standard InChI is InChI=1S/C12H18BrNOS/c1-3-14-12(9-4-5-15-8(9)2)10-6-16-7-11(10)13/h6-9,12,14H,3-5H2,1-2H3. The molecule has 0 aromatic carbocycles. The summed E-state index contributed by atoms with van der Waals surface area (Å²) in [6, 6.07) is 0.420. The van der Waals surface area contributed by atoms with E-state index >= 15 is 0 Å². The zero-order valence-corrected chi connectivity index (χ0v) is 12.1. The zero-order valence-electron chi connectivity index (χ0n) is 9.70. The van der Waals surface area contributed by atoms with Crippen molar-refractivity contribution in [3.05, 3.63) is 20.8 Å². The minimum atomic E-state index is 0.357. The summed E-state index contributed by atoms with van der Waals surface area (Å²) in [5.74, 6) is 0.589. The van der Waals surface area contributed by atoms with Gasteiger partial charge in [0.1, 0.15) is 0 Å². The van der Waals surface area contributed by atoms with E-state index in [1.54, 1.807) is 11.3 Å². The number of hydrogen-bond donors (Lipinski definition) is 1. The van der Waals surface area contributed by atoms with Gasteiger partial charge in [0, 0.05) is 28.4 Å². The smallest absolute Gasteiger partial charge is 0.0594 e. The van der Waals surface area contributed by atoms with Crippen LogP contribution in [0.2, 0.25) is 0 Å². The van der Waals surface area contributed by atoms with E-state index in [1.807, 2.05) is 0 Å². The molecule has 2 heterocycles. The van der Waals surface area contributed by atoms with Gasteiger partial charge >= 0.3 is 0 Å². The predicted octanol–water partition coefficient (Wildman–Crippen LogP) is 3.59. The fourth-order valence-electron chi connectivity index (χ4n) is 2.41. The van der Waals surface area contributed by atoms with Gasteiger partial charge in [-0.15, -0.1) is 0 Å². The number of nitrogens with one attached hydrogen (secondary N) is 1. The van der Waals surface area contributed by atoms with E-state index in [1.165, 1.54) is 10.0 Å². The summed E-state index contributed by atoms with van der Waals surface area (Å²) in [5, 5.41) is 7.99. The highest BCUT2D eigenvalue weighted by Gasteiger charge is 2.33. The van der Waals surface area contributed by atoms with Crippen LogP contribution in [0.1, 0.15) is 31.9 Å². The second kappa shape index (κ2) is 5.63. The summed E-state index contributed by atoms with van der Waals surface area (Å²) < 4.78 is 6.90. The van der Waals surface area contributed by atoms with E-state index < -0.39 is 0 Å². The van der Waals surface area contributed by atoms with Crippen molar-refractivity contribution in [1.82, 2.24) is 5.32 Å². The normalized spacial score (nSPS) is 27.2. The molecule has 0 aliphatic carbocycles. The summed E-state index contributed by atoms with van der Waals surface area (Å²) in [4.78, 5) is 0. The van der Waals surface area contributed by atoms with Gasteiger partial charge in [0.15, 0.2) is 0 Å². The molecule has 1 aromatic rings. The number of thiophene rings is 1. The zero-order chi connectivity index (χ0) is 11.5. The van der Waals surface area contributed by atoms with Crippen molar-refractivity contribution in [2.45, 2.75) is 32.4 Å². The predicted molar refractivity (Wildman–Crippen MR) is 72.0 cm³/mol. The molecule has 0 bridgehead atoms. The molecule has 16 heavy (non-hydrogen) atoms. The van der Waals surface area contributed by atoms with Gasteiger partial charge in [0.25, 0.3) is 0 Å². The van der Waals surface area contributed by atoms with Gasteiger partial charge in [-0.1, -0.05) is 6.92 Å². The summed E-state index contributed by atoms with van der Waals surface area (Å²) in [6.45, 7) is 6.24. The van der Waals surface area contributed by atoms with Crippen molar-refractivity contribution in [2.75, 3.05) is 13.2 Å². The average Bonchev–Trinajstić information content (AvgIpc) is 2.84. The summed E-state index contributed by atoms with van der Waals surface area (Å²) in [5.41, 5.74) is 1.38. The molecule has 2 rings (SSSR count). The lowest BCUT2D eigenvalue weighted by atomic mass is 9.89. The first-order chi connectivity index (χ1) is 7.74. The first-order valence-electron chi connectivity index (χ1n) is 5.80. The van der Waals surface area contributed by atoms with Crippen LogP contribution in [-0.2, 0) is 4.74 Å². The Balaban J connectivity index is 2.20. The van der Waals surface area contributed by atoms with E-state index in [0.29, 0.717) is 18.1 Å². The SMILES string of the molecule is CCNC(c1cscc1Br)C1CCOC1C. The van der Waals surface area contributed by atoms with Crippen LogP contribution in [0.5, 0.6) is 0 Å². The lowest BCUT2D eigenvalue weighted by molar-refractivity contribution is 0.0955. The molecule has 3 atom stereocenters. The molecule has 2 nitrogen and oxygen atoms in total. The molecular weight excluding hydrogens is 286 g/mol. The van der Waals surface area contributed by atoms with Crippen molar-refractivity contribution < 1.29 is 4.74 Å². The third kappa shape index (κ3) is 2.50. The highest BCUT2D eigenvalue weighted by Crippen LogP contribution is 2.37. The van der Waals surface area contributed by atoms with Crippen molar-refractivity contribution in [3.63, 3.8) is 0 Å². The van der Waals surface area contributed by atoms with Crippen LogP contribution >= 0.6 is 27.3 Å². The van der Waals surface area contributed by atoms with Crippen LogP contribution in [0, 0.1) is 5.92 Å². The average molecular weight is 304 g/mol. The van der Waals surface area contributed by atoms with E-state index in [0.717, 1.165) is 19.6 Å². The van der Waals surface area contributed by atoms with Gasteiger partial charge in [-0.25, -0.2) is 0 Å². The molecular formula is C12H18BrNOS. The second-order valence-electron chi connectivity index (χ2n) is 4.24. The number of rotatable bonds is 4. The monoisotopic (exact) mass is 303 g/mol. The highest BCUT2D eigenvalue weighted by atomic mass is 79.9. The summed E-state index contributed by atoms with van der Waals surface area (Å²) in [7, 11) is 0. The lowest BCUT2D eigenvalue weighted by Gasteiger charge is -2.26. The molecule has 4 heteroatoms. The van der Waals surface area contributed by atoms with Crippen LogP contribution in [-0.4, -0.2) is 19.3 Å². The van der Waals surface area contributed by atoms with Gasteiger partial charge < -0.3 is 10.1 Å². The van der Waals surface area contributed by atoms with Crippen molar-refractivity contribution in [1.29, 1.82) is 0 Å². The third-order valence-electron chi connectivity index (χ3n) is 3.26. The van der Waals surface area contributed by atoms with E-state index in [4.69, 9.17) is 4.74 Å². The molecule has 1 aliphatic heterocycles. The van der Waals surface area contributed by atoms with Gasteiger partial charge in [0.2, 0.25) is 0 Å².